The van der Waals surface area contributed by atoms with E-state index in [1.807, 2.05) is 19.2 Å². The maximum absolute atomic E-state index is 5.88. The average Bonchev–Trinajstić information content (AvgIpc) is 2.94. The van der Waals surface area contributed by atoms with Crippen LogP contribution in [0.15, 0.2) is 22.8 Å². The first-order valence-electron chi connectivity index (χ1n) is 5.74. The van der Waals surface area contributed by atoms with Gasteiger partial charge in [0.1, 0.15) is 5.76 Å². The molecule has 1 N–H and O–H groups in total. The second kappa shape index (κ2) is 3.65. The second-order valence-electron chi connectivity index (χ2n) is 4.56. The Bertz CT molecular complexity index is 322. The highest BCUT2D eigenvalue weighted by Gasteiger charge is 2.45. The van der Waals surface area contributed by atoms with Gasteiger partial charge in [-0.25, -0.2) is 0 Å². The van der Waals surface area contributed by atoms with E-state index in [-0.39, 0.29) is 0 Å². The fraction of sp³-hybridized carbons (Fsp3) is 0.667. The van der Waals surface area contributed by atoms with Crippen LogP contribution in [0.1, 0.15) is 31.1 Å². The molecule has 0 aliphatic carbocycles. The summed E-state index contributed by atoms with van der Waals surface area (Å²) in [6.45, 7) is 0. The smallest absolute Gasteiger partial charge is 0.121 e. The molecule has 3 rings (SSSR count). The Hall–Kier alpha value is -0.800. The minimum Gasteiger partial charge on any atom is -0.468 e. The van der Waals surface area contributed by atoms with Crippen LogP contribution in [0.2, 0.25) is 0 Å². The highest BCUT2D eigenvalue weighted by atomic mass is 16.5. The molecule has 1 aromatic heterocycles. The molecule has 2 bridgehead atoms. The fourth-order valence-corrected chi connectivity index (χ4v) is 3.06. The van der Waals surface area contributed by atoms with Gasteiger partial charge in [-0.3, -0.25) is 0 Å². The van der Waals surface area contributed by atoms with Crippen molar-refractivity contribution in [2.24, 2.45) is 5.92 Å². The van der Waals surface area contributed by atoms with E-state index in [1.165, 1.54) is 19.3 Å². The van der Waals surface area contributed by atoms with E-state index in [4.69, 9.17) is 9.15 Å². The number of rotatable bonds is 3. The van der Waals surface area contributed by atoms with Gasteiger partial charge in [-0.05, 0) is 38.4 Å². The molecular weight excluding hydrogens is 190 g/mol. The standard InChI is InChI=1S/C12H17NO2/c1-13-12(11-3-2-6-14-11)9-7-8-4-5-10(9)15-8/h2-3,6,8-10,12-13H,4-5,7H2,1H3. The molecule has 82 valence electrons. The summed E-state index contributed by atoms with van der Waals surface area (Å²) in [5.41, 5.74) is 0. The highest BCUT2D eigenvalue weighted by Crippen LogP contribution is 2.44. The second-order valence-corrected chi connectivity index (χ2v) is 4.56. The molecule has 0 aromatic carbocycles. The average molecular weight is 207 g/mol. The van der Waals surface area contributed by atoms with Crippen molar-refractivity contribution in [3.8, 4) is 0 Å². The van der Waals surface area contributed by atoms with Crippen LogP contribution in [0.5, 0.6) is 0 Å². The van der Waals surface area contributed by atoms with Crippen molar-refractivity contribution in [1.29, 1.82) is 0 Å². The number of furan rings is 1. The molecule has 0 saturated carbocycles. The van der Waals surface area contributed by atoms with E-state index >= 15 is 0 Å². The van der Waals surface area contributed by atoms with Gasteiger partial charge in [0.15, 0.2) is 0 Å². The molecule has 2 fully saturated rings. The summed E-state index contributed by atoms with van der Waals surface area (Å²) >= 11 is 0. The van der Waals surface area contributed by atoms with Crippen LogP contribution < -0.4 is 5.32 Å². The first kappa shape index (κ1) is 9.43. The molecule has 3 nitrogen and oxygen atoms in total. The maximum Gasteiger partial charge on any atom is 0.121 e. The topological polar surface area (TPSA) is 34.4 Å². The molecule has 3 heteroatoms. The maximum atomic E-state index is 5.88. The zero-order valence-corrected chi connectivity index (χ0v) is 8.98. The molecule has 2 saturated heterocycles. The van der Waals surface area contributed by atoms with Crippen molar-refractivity contribution in [1.82, 2.24) is 5.32 Å². The molecule has 0 spiro atoms. The normalized spacial score (nSPS) is 35.9. The number of nitrogens with one attached hydrogen (secondary N) is 1. The van der Waals surface area contributed by atoms with Gasteiger partial charge in [-0.2, -0.15) is 0 Å². The van der Waals surface area contributed by atoms with Crippen molar-refractivity contribution in [3.63, 3.8) is 0 Å². The predicted octanol–water partition coefficient (Wildman–Crippen LogP) is 2.11. The summed E-state index contributed by atoms with van der Waals surface area (Å²) in [7, 11) is 2.00. The molecule has 15 heavy (non-hydrogen) atoms. The summed E-state index contributed by atoms with van der Waals surface area (Å²) in [6, 6.07) is 4.32. The number of fused-ring (bicyclic) bond motifs is 2. The van der Waals surface area contributed by atoms with Crippen molar-refractivity contribution in [2.75, 3.05) is 7.05 Å². The summed E-state index contributed by atoms with van der Waals surface area (Å²) in [6.07, 6.45) is 6.33. The summed E-state index contributed by atoms with van der Waals surface area (Å²) in [5.74, 6) is 1.62. The van der Waals surface area contributed by atoms with E-state index in [9.17, 15) is 0 Å². The van der Waals surface area contributed by atoms with Crippen molar-refractivity contribution in [3.05, 3.63) is 24.2 Å². The first-order valence-corrected chi connectivity index (χ1v) is 5.74. The Balaban J connectivity index is 1.80. The fourth-order valence-electron chi connectivity index (χ4n) is 3.06. The number of hydrogen-bond acceptors (Lipinski definition) is 3. The zero-order valence-electron chi connectivity index (χ0n) is 8.98. The molecule has 0 amide bonds. The van der Waals surface area contributed by atoms with E-state index < -0.39 is 0 Å². The molecular formula is C12H17NO2. The Morgan fingerprint density at radius 3 is 2.93 bits per heavy atom. The van der Waals surface area contributed by atoms with E-state index in [0.29, 0.717) is 24.2 Å². The molecule has 2 aliphatic rings. The minimum atomic E-state index is 0.315. The molecule has 4 unspecified atom stereocenters. The number of hydrogen-bond donors (Lipinski definition) is 1. The van der Waals surface area contributed by atoms with Crippen LogP contribution in [0.4, 0.5) is 0 Å². The van der Waals surface area contributed by atoms with Gasteiger partial charge in [0.2, 0.25) is 0 Å². The van der Waals surface area contributed by atoms with Crippen LogP contribution in [0.3, 0.4) is 0 Å². The third-order valence-corrected chi connectivity index (χ3v) is 3.74. The van der Waals surface area contributed by atoms with Crippen LogP contribution in [0.25, 0.3) is 0 Å². The lowest BCUT2D eigenvalue weighted by atomic mass is 9.83. The van der Waals surface area contributed by atoms with Gasteiger partial charge < -0.3 is 14.5 Å². The monoisotopic (exact) mass is 207 g/mol. The zero-order chi connectivity index (χ0) is 10.3. The Kier molecular flexibility index (Phi) is 2.29. The van der Waals surface area contributed by atoms with Gasteiger partial charge in [0.25, 0.3) is 0 Å². The van der Waals surface area contributed by atoms with Crippen LogP contribution >= 0.6 is 0 Å². The van der Waals surface area contributed by atoms with E-state index in [0.717, 1.165) is 5.76 Å². The van der Waals surface area contributed by atoms with Gasteiger partial charge in [-0.1, -0.05) is 0 Å². The van der Waals surface area contributed by atoms with Gasteiger partial charge >= 0.3 is 0 Å². The Morgan fingerprint density at radius 2 is 2.40 bits per heavy atom. The third kappa shape index (κ3) is 1.50. The first-order chi connectivity index (χ1) is 7.38. The highest BCUT2D eigenvalue weighted by molar-refractivity contribution is 5.09. The van der Waals surface area contributed by atoms with Gasteiger partial charge in [0.05, 0.1) is 24.5 Å². The van der Waals surface area contributed by atoms with E-state index in [1.54, 1.807) is 6.26 Å². The third-order valence-electron chi connectivity index (χ3n) is 3.74. The van der Waals surface area contributed by atoms with Crippen LogP contribution in [0, 0.1) is 5.92 Å². The summed E-state index contributed by atoms with van der Waals surface area (Å²) in [4.78, 5) is 0. The van der Waals surface area contributed by atoms with Crippen LogP contribution in [-0.2, 0) is 4.74 Å². The van der Waals surface area contributed by atoms with Crippen molar-refractivity contribution >= 4 is 0 Å². The predicted molar refractivity (Wildman–Crippen MR) is 56.5 cm³/mol. The lowest BCUT2D eigenvalue weighted by molar-refractivity contribution is 0.0844. The SMILES string of the molecule is CNC(c1ccco1)C1CC2CCC1O2. The Morgan fingerprint density at radius 1 is 1.47 bits per heavy atom. The van der Waals surface area contributed by atoms with Crippen molar-refractivity contribution in [2.45, 2.75) is 37.5 Å². The lowest BCUT2D eigenvalue weighted by Gasteiger charge is -2.26. The molecule has 3 heterocycles. The molecule has 2 aliphatic heterocycles. The van der Waals surface area contributed by atoms with E-state index in [2.05, 4.69) is 5.32 Å². The summed E-state index contributed by atoms with van der Waals surface area (Å²) in [5, 5.41) is 3.36. The summed E-state index contributed by atoms with van der Waals surface area (Å²) < 4.78 is 11.4. The molecule has 4 atom stereocenters. The van der Waals surface area contributed by atoms with Crippen LogP contribution in [-0.4, -0.2) is 19.3 Å². The minimum absolute atomic E-state index is 0.315. The lowest BCUT2D eigenvalue weighted by Crippen LogP contribution is -2.31. The van der Waals surface area contributed by atoms with Gasteiger partial charge in [-0.15, -0.1) is 0 Å². The molecule has 1 aromatic rings. The number of ether oxygens (including phenoxy) is 1. The molecule has 0 radical (unpaired) electrons. The quantitative estimate of drug-likeness (QED) is 0.824. The van der Waals surface area contributed by atoms with Crippen molar-refractivity contribution < 1.29 is 9.15 Å². The van der Waals surface area contributed by atoms with Gasteiger partial charge in [0, 0.05) is 5.92 Å². The Labute approximate surface area is 89.8 Å². The largest absolute Gasteiger partial charge is 0.468 e.